The first-order valence-corrected chi connectivity index (χ1v) is 10.1. The number of aryl methyl sites for hydroxylation is 1. The van der Waals surface area contributed by atoms with E-state index in [0.29, 0.717) is 13.1 Å². The second-order valence-corrected chi connectivity index (χ2v) is 8.30. The summed E-state index contributed by atoms with van der Waals surface area (Å²) in [5.74, 6) is -0.445. The summed E-state index contributed by atoms with van der Waals surface area (Å²) in [5, 5.41) is 2.00. The molecule has 0 saturated heterocycles. The van der Waals surface area contributed by atoms with Crippen LogP contribution >= 0.6 is 11.3 Å². The van der Waals surface area contributed by atoms with Crippen LogP contribution in [-0.4, -0.2) is 53.3 Å². The molecule has 0 unspecified atom stereocenters. The van der Waals surface area contributed by atoms with E-state index >= 15 is 0 Å². The number of amides is 3. The number of thiophene rings is 1. The topological polar surface area (TPSA) is 43.9 Å². The van der Waals surface area contributed by atoms with E-state index < -0.39 is 0 Å². The minimum atomic E-state index is -0.307. The highest BCUT2D eigenvalue weighted by Crippen LogP contribution is 2.20. The molecule has 2 aromatic rings. The Morgan fingerprint density at radius 1 is 1.07 bits per heavy atom. The number of hydrogen-bond acceptors (Lipinski definition) is 3. The first kappa shape index (κ1) is 21.9. The summed E-state index contributed by atoms with van der Waals surface area (Å²) >= 11 is 1.60. The fourth-order valence-electron chi connectivity index (χ4n) is 2.76. The Morgan fingerprint density at radius 2 is 1.71 bits per heavy atom. The molecule has 1 aromatic heterocycles. The molecule has 0 spiro atoms. The zero-order valence-electron chi connectivity index (χ0n) is 17.1. The van der Waals surface area contributed by atoms with E-state index in [0.717, 1.165) is 16.0 Å². The van der Waals surface area contributed by atoms with Gasteiger partial charge in [0.05, 0.1) is 6.54 Å². The minimum absolute atomic E-state index is 0.000295. The minimum Gasteiger partial charge on any atom is -0.332 e. The molecule has 0 radical (unpaired) electrons. The van der Waals surface area contributed by atoms with Gasteiger partial charge in [-0.2, -0.15) is 0 Å². The average molecular weight is 406 g/mol. The Kier molecular flexibility index (Phi) is 7.57. The van der Waals surface area contributed by atoms with Crippen LogP contribution in [0.25, 0.3) is 0 Å². The molecule has 0 aliphatic rings. The van der Waals surface area contributed by atoms with E-state index in [1.54, 1.807) is 47.4 Å². The second-order valence-electron chi connectivity index (χ2n) is 7.30. The van der Waals surface area contributed by atoms with Gasteiger partial charge in [0, 0.05) is 31.6 Å². The highest BCUT2D eigenvalue weighted by atomic mass is 32.1. The van der Waals surface area contributed by atoms with Gasteiger partial charge in [-0.3, -0.25) is 4.79 Å². The van der Waals surface area contributed by atoms with Gasteiger partial charge in [-0.1, -0.05) is 12.1 Å². The normalized spacial score (nSPS) is 10.8. The maximum atomic E-state index is 13.2. The van der Waals surface area contributed by atoms with Crippen molar-refractivity contribution in [2.45, 2.75) is 39.9 Å². The van der Waals surface area contributed by atoms with Crippen molar-refractivity contribution < 1.29 is 14.0 Å². The van der Waals surface area contributed by atoms with Crippen molar-refractivity contribution in [2.75, 3.05) is 20.6 Å². The Hall–Kier alpha value is -2.41. The molecule has 1 heterocycles. The van der Waals surface area contributed by atoms with Crippen molar-refractivity contribution in [1.82, 2.24) is 14.7 Å². The average Bonchev–Trinajstić information content (AvgIpc) is 3.04. The van der Waals surface area contributed by atoms with Gasteiger partial charge in [-0.15, -0.1) is 11.3 Å². The summed E-state index contributed by atoms with van der Waals surface area (Å²) in [6, 6.07) is 7.88. The monoisotopic (exact) mass is 405 g/mol. The van der Waals surface area contributed by atoms with E-state index in [1.807, 2.05) is 32.2 Å². The van der Waals surface area contributed by atoms with E-state index in [4.69, 9.17) is 0 Å². The third kappa shape index (κ3) is 5.79. The Balaban J connectivity index is 2.23. The van der Waals surface area contributed by atoms with Crippen molar-refractivity contribution in [3.05, 3.63) is 57.5 Å². The van der Waals surface area contributed by atoms with Crippen LogP contribution in [0.5, 0.6) is 0 Å². The smallest absolute Gasteiger partial charge is 0.320 e. The fourth-order valence-corrected chi connectivity index (χ4v) is 3.68. The van der Waals surface area contributed by atoms with Crippen LogP contribution < -0.4 is 0 Å². The van der Waals surface area contributed by atoms with Gasteiger partial charge in [0.25, 0.3) is 0 Å². The maximum Gasteiger partial charge on any atom is 0.320 e. The van der Waals surface area contributed by atoms with Gasteiger partial charge in [-0.25, -0.2) is 9.18 Å². The quantitative estimate of drug-likeness (QED) is 0.696. The van der Waals surface area contributed by atoms with Crippen LogP contribution in [0.3, 0.4) is 0 Å². The molecule has 0 bridgehead atoms. The summed E-state index contributed by atoms with van der Waals surface area (Å²) in [5.41, 5.74) is 1.98. The predicted molar refractivity (Wildman–Crippen MR) is 111 cm³/mol. The molecule has 0 N–H and O–H groups in total. The van der Waals surface area contributed by atoms with Crippen molar-refractivity contribution in [1.29, 1.82) is 0 Å². The first-order chi connectivity index (χ1) is 13.2. The summed E-state index contributed by atoms with van der Waals surface area (Å²) in [6.07, 6.45) is 0. The third-order valence-corrected chi connectivity index (χ3v) is 5.51. The van der Waals surface area contributed by atoms with Crippen molar-refractivity contribution in [2.24, 2.45) is 0 Å². The molecule has 2 rings (SSSR count). The Morgan fingerprint density at radius 3 is 2.21 bits per heavy atom. The van der Waals surface area contributed by atoms with Gasteiger partial charge < -0.3 is 14.7 Å². The summed E-state index contributed by atoms with van der Waals surface area (Å²) in [7, 11) is 3.35. The number of nitrogens with zero attached hydrogens (tertiary/aromatic N) is 3. The van der Waals surface area contributed by atoms with Crippen LogP contribution in [0.4, 0.5) is 9.18 Å². The molecule has 5 nitrogen and oxygen atoms in total. The predicted octanol–water partition coefficient (Wildman–Crippen LogP) is 4.12. The SMILES string of the molecule is Cc1ccsc1CN(Cc1ccc(F)cc1)C(=O)CN(C(=O)N(C)C)C(C)C. The van der Waals surface area contributed by atoms with Gasteiger partial charge in [0.1, 0.15) is 12.4 Å². The number of halogens is 1. The van der Waals surface area contributed by atoms with Gasteiger partial charge in [0.15, 0.2) is 0 Å². The van der Waals surface area contributed by atoms with Gasteiger partial charge in [-0.05, 0) is 55.5 Å². The number of urea groups is 1. The van der Waals surface area contributed by atoms with Crippen LogP contribution in [-0.2, 0) is 17.9 Å². The lowest BCUT2D eigenvalue weighted by molar-refractivity contribution is -0.133. The summed E-state index contributed by atoms with van der Waals surface area (Å²) in [6.45, 7) is 6.62. The van der Waals surface area contributed by atoms with Crippen molar-refractivity contribution in [3.63, 3.8) is 0 Å². The van der Waals surface area contributed by atoms with Crippen molar-refractivity contribution >= 4 is 23.3 Å². The molecule has 0 atom stereocenters. The lowest BCUT2D eigenvalue weighted by Gasteiger charge is -2.32. The molecule has 1 aromatic carbocycles. The van der Waals surface area contributed by atoms with E-state index in [-0.39, 0.29) is 30.3 Å². The largest absolute Gasteiger partial charge is 0.332 e. The van der Waals surface area contributed by atoms with Crippen LogP contribution in [0.15, 0.2) is 35.7 Å². The van der Waals surface area contributed by atoms with Crippen LogP contribution in [0.1, 0.15) is 29.9 Å². The zero-order valence-corrected chi connectivity index (χ0v) is 17.9. The van der Waals surface area contributed by atoms with E-state index in [2.05, 4.69) is 0 Å². The molecule has 0 saturated carbocycles. The highest BCUT2D eigenvalue weighted by Gasteiger charge is 2.25. The van der Waals surface area contributed by atoms with E-state index in [1.165, 1.54) is 17.0 Å². The fraction of sp³-hybridized carbons (Fsp3) is 0.429. The lowest BCUT2D eigenvalue weighted by Crippen LogP contribution is -2.49. The molecule has 7 heteroatoms. The number of hydrogen-bond donors (Lipinski definition) is 0. The molecule has 3 amide bonds. The molecule has 28 heavy (non-hydrogen) atoms. The third-order valence-electron chi connectivity index (χ3n) is 4.50. The standard InChI is InChI=1S/C21H28FN3O2S/c1-15(2)25(21(27)23(4)5)14-20(26)24(13-19-16(3)10-11-28-19)12-17-6-8-18(22)9-7-17/h6-11,15H,12-14H2,1-5H3. The summed E-state index contributed by atoms with van der Waals surface area (Å²) in [4.78, 5) is 31.4. The molecule has 152 valence electrons. The molecule has 0 aliphatic heterocycles. The highest BCUT2D eigenvalue weighted by molar-refractivity contribution is 7.10. The number of carbonyl (C=O) groups excluding carboxylic acids is 2. The van der Waals surface area contributed by atoms with E-state index in [9.17, 15) is 14.0 Å². The maximum absolute atomic E-state index is 13.2. The van der Waals surface area contributed by atoms with Gasteiger partial charge >= 0.3 is 6.03 Å². The van der Waals surface area contributed by atoms with Crippen LogP contribution in [0, 0.1) is 12.7 Å². The summed E-state index contributed by atoms with van der Waals surface area (Å²) < 4.78 is 13.2. The number of benzene rings is 1. The lowest BCUT2D eigenvalue weighted by atomic mass is 10.2. The first-order valence-electron chi connectivity index (χ1n) is 9.22. The molecule has 0 fully saturated rings. The molecular weight excluding hydrogens is 377 g/mol. The Bertz CT molecular complexity index is 802. The molecule has 0 aliphatic carbocycles. The molecular formula is C21H28FN3O2S. The second kappa shape index (κ2) is 9.68. The van der Waals surface area contributed by atoms with Crippen molar-refractivity contribution in [3.8, 4) is 0 Å². The number of carbonyl (C=O) groups is 2. The number of rotatable bonds is 7. The van der Waals surface area contributed by atoms with Gasteiger partial charge in [0.2, 0.25) is 5.91 Å². The Labute approximate surface area is 170 Å². The van der Waals surface area contributed by atoms with Crippen LogP contribution in [0.2, 0.25) is 0 Å². The zero-order chi connectivity index (χ0) is 20.8.